The Morgan fingerprint density at radius 3 is 2.42 bits per heavy atom. The molecule has 1 aromatic carbocycles. The van der Waals surface area contributed by atoms with Crippen LogP contribution in [0.25, 0.3) is 10.9 Å². The lowest BCUT2D eigenvalue weighted by Crippen LogP contribution is -2.52. The Labute approximate surface area is 154 Å². The molecule has 5 nitrogen and oxygen atoms in total. The van der Waals surface area contributed by atoms with Crippen LogP contribution in [0, 0.1) is 5.92 Å². The van der Waals surface area contributed by atoms with Crippen molar-refractivity contribution in [2.75, 3.05) is 26.2 Å². The lowest BCUT2D eigenvalue weighted by molar-refractivity contribution is -0.142. The van der Waals surface area contributed by atoms with E-state index in [4.69, 9.17) is 0 Å². The molecule has 1 aliphatic heterocycles. The second-order valence-corrected chi connectivity index (χ2v) is 7.58. The summed E-state index contributed by atoms with van der Waals surface area (Å²) in [6.45, 7) is 2.66. The van der Waals surface area contributed by atoms with Gasteiger partial charge in [-0.1, -0.05) is 37.5 Å². The van der Waals surface area contributed by atoms with E-state index in [1.165, 1.54) is 19.3 Å². The fourth-order valence-electron chi connectivity index (χ4n) is 4.34. The zero-order valence-corrected chi connectivity index (χ0v) is 15.2. The van der Waals surface area contributed by atoms with Gasteiger partial charge in [-0.2, -0.15) is 0 Å². The van der Waals surface area contributed by atoms with E-state index in [0.29, 0.717) is 38.5 Å². The van der Waals surface area contributed by atoms with Gasteiger partial charge in [-0.05, 0) is 24.5 Å². The summed E-state index contributed by atoms with van der Waals surface area (Å²) in [4.78, 5) is 32.5. The molecule has 2 aliphatic rings. The van der Waals surface area contributed by atoms with Crippen molar-refractivity contribution in [3.05, 3.63) is 36.0 Å². The van der Waals surface area contributed by atoms with E-state index in [2.05, 4.69) is 11.1 Å². The largest absolute Gasteiger partial charge is 0.361 e. The number of nitrogens with zero attached hydrogens (tertiary/aromatic N) is 2. The van der Waals surface area contributed by atoms with Crippen molar-refractivity contribution < 1.29 is 9.59 Å². The predicted octanol–water partition coefficient (Wildman–Crippen LogP) is 2.96. The number of hydrogen-bond acceptors (Lipinski definition) is 2. The number of benzene rings is 1. The number of nitrogens with one attached hydrogen (secondary N) is 1. The van der Waals surface area contributed by atoms with Gasteiger partial charge in [-0.25, -0.2) is 0 Å². The van der Waals surface area contributed by atoms with E-state index in [0.717, 1.165) is 29.3 Å². The molecule has 2 heterocycles. The standard InChI is InChI=1S/C21H27N3O2/c25-20(14-17-15-22-19-9-5-4-8-18(17)19)23-10-12-24(13-11-23)21(26)16-6-2-1-3-7-16/h4-5,8-9,15-16,22H,1-3,6-7,10-14H2. The number of hydrogen-bond donors (Lipinski definition) is 1. The lowest BCUT2D eigenvalue weighted by atomic mass is 9.88. The summed E-state index contributed by atoms with van der Waals surface area (Å²) < 4.78 is 0. The van der Waals surface area contributed by atoms with Gasteiger partial charge in [0.05, 0.1) is 6.42 Å². The Hall–Kier alpha value is -2.30. The van der Waals surface area contributed by atoms with Gasteiger partial charge >= 0.3 is 0 Å². The van der Waals surface area contributed by atoms with Crippen LogP contribution in [-0.2, 0) is 16.0 Å². The second kappa shape index (κ2) is 7.52. The number of aromatic amines is 1. The van der Waals surface area contributed by atoms with Crippen molar-refractivity contribution in [3.8, 4) is 0 Å². The van der Waals surface area contributed by atoms with Crippen molar-refractivity contribution >= 4 is 22.7 Å². The molecule has 0 unspecified atom stereocenters. The summed E-state index contributed by atoms with van der Waals surface area (Å²) in [6, 6.07) is 8.07. The van der Waals surface area contributed by atoms with Crippen molar-refractivity contribution in [2.45, 2.75) is 38.5 Å². The van der Waals surface area contributed by atoms with Crippen molar-refractivity contribution in [1.29, 1.82) is 0 Å². The normalized spacial score (nSPS) is 19.1. The Morgan fingerprint density at radius 1 is 0.962 bits per heavy atom. The molecule has 5 heteroatoms. The molecule has 0 spiro atoms. The highest BCUT2D eigenvalue weighted by Crippen LogP contribution is 2.26. The number of para-hydroxylation sites is 1. The van der Waals surface area contributed by atoms with Gasteiger partial charge in [0.25, 0.3) is 0 Å². The number of carbonyl (C=O) groups excluding carboxylic acids is 2. The molecule has 0 radical (unpaired) electrons. The first-order valence-corrected chi connectivity index (χ1v) is 9.84. The van der Waals surface area contributed by atoms with Gasteiger partial charge in [-0.15, -0.1) is 0 Å². The first-order valence-electron chi connectivity index (χ1n) is 9.84. The van der Waals surface area contributed by atoms with Crippen molar-refractivity contribution in [3.63, 3.8) is 0 Å². The molecule has 0 atom stereocenters. The van der Waals surface area contributed by atoms with Crippen molar-refractivity contribution in [2.24, 2.45) is 5.92 Å². The molecule has 2 amide bonds. The van der Waals surface area contributed by atoms with Crippen molar-refractivity contribution in [1.82, 2.24) is 14.8 Å². The molecular formula is C21H27N3O2. The number of H-pyrrole nitrogens is 1. The van der Waals surface area contributed by atoms with E-state index in [9.17, 15) is 9.59 Å². The van der Waals surface area contributed by atoms with Gasteiger partial charge in [0.2, 0.25) is 11.8 Å². The van der Waals surface area contributed by atoms with Gasteiger partial charge < -0.3 is 14.8 Å². The zero-order chi connectivity index (χ0) is 17.9. The molecule has 1 saturated carbocycles. The molecule has 138 valence electrons. The van der Waals surface area contributed by atoms with Crippen LogP contribution >= 0.6 is 0 Å². The minimum Gasteiger partial charge on any atom is -0.361 e. The number of piperazine rings is 1. The maximum absolute atomic E-state index is 12.7. The number of fused-ring (bicyclic) bond motifs is 1. The fourth-order valence-corrected chi connectivity index (χ4v) is 4.34. The van der Waals surface area contributed by atoms with Gasteiger partial charge in [0.15, 0.2) is 0 Å². The van der Waals surface area contributed by atoms with Crippen LogP contribution in [0.3, 0.4) is 0 Å². The highest BCUT2D eigenvalue weighted by molar-refractivity contribution is 5.89. The average molecular weight is 353 g/mol. The third kappa shape index (κ3) is 3.48. The molecule has 1 saturated heterocycles. The molecule has 1 aliphatic carbocycles. The topological polar surface area (TPSA) is 56.4 Å². The highest BCUT2D eigenvalue weighted by Gasteiger charge is 2.29. The van der Waals surface area contributed by atoms with Crippen LogP contribution in [0.1, 0.15) is 37.7 Å². The molecule has 4 rings (SSSR count). The zero-order valence-electron chi connectivity index (χ0n) is 15.2. The lowest BCUT2D eigenvalue weighted by Gasteiger charge is -2.37. The summed E-state index contributed by atoms with van der Waals surface area (Å²) in [6.07, 6.45) is 8.06. The molecule has 2 aromatic rings. The van der Waals surface area contributed by atoms with Crippen LogP contribution in [-0.4, -0.2) is 52.8 Å². The summed E-state index contributed by atoms with van der Waals surface area (Å²) >= 11 is 0. The number of amides is 2. The molecule has 0 bridgehead atoms. The van der Waals surface area contributed by atoms with Crippen LogP contribution in [0.4, 0.5) is 0 Å². The maximum Gasteiger partial charge on any atom is 0.227 e. The Balaban J connectivity index is 1.32. The Kier molecular flexibility index (Phi) is 4.96. The third-order valence-corrected chi connectivity index (χ3v) is 5.92. The maximum atomic E-state index is 12.7. The van der Waals surface area contributed by atoms with Gasteiger partial charge in [-0.3, -0.25) is 9.59 Å². The Bertz CT molecular complexity index is 783. The first kappa shape index (κ1) is 17.1. The smallest absolute Gasteiger partial charge is 0.227 e. The average Bonchev–Trinajstić information content (AvgIpc) is 3.11. The summed E-state index contributed by atoms with van der Waals surface area (Å²) in [5.41, 5.74) is 2.12. The van der Waals surface area contributed by atoms with E-state index < -0.39 is 0 Å². The minimum absolute atomic E-state index is 0.152. The predicted molar refractivity (Wildman–Crippen MR) is 102 cm³/mol. The molecule has 1 aromatic heterocycles. The van der Waals surface area contributed by atoms with Crippen LogP contribution in [0.2, 0.25) is 0 Å². The quantitative estimate of drug-likeness (QED) is 0.922. The van der Waals surface area contributed by atoms with Gasteiger partial charge in [0, 0.05) is 49.2 Å². The molecular weight excluding hydrogens is 326 g/mol. The van der Waals surface area contributed by atoms with E-state index in [1.54, 1.807) is 0 Å². The molecule has 26 heavy (non-hydrogen) atoms. The molecule has 1 N–H and O–H groups in total. The highest BCUT2D eigenvalue weighted by atomic mass is 16.2. The van der Waals surface area contributed by atoms with Crippen LogP contribution in [0.15, 0.2) is 30.5 Å². The van der Waals surface area contributed by atoms with E-state index >= 15 is 0 Å². The SMILES string of the molecule is O=C(Cc1c[nH]c2ccccc12)N1CCN(C(=O)C2CCCCC2)CC1. The first-order chi connectivity index (χ1) is 12.7. The monoisotopic (exact) mass is 353 g/mol. The summed E-state index contributed by atoms with van der Waals surface area (Å²) in [5.74, 6) is 0.685. The number of carbonyl (C=O) groups is 2. The van der Waals surface area contributed by atoms with Crippen LogP contribution < -0.4 is 0 Å². The number of aromatic nitrogens is 1. The van der Waals surface area contributed by atoms with Gasteiger partial charge in [0.1, 0.15) is 0 Å². The fraction of sp³-hybridized carbons (Fsp3) is 0.524. The van der Waals surface area contributed by atoms with E-state index in [1.807, 2.05) is 34.2 Å². The molecule has 2 fully saturated rings. The minimum atomic E-state index is 0.152. The van der Waals surface area contributed by atoms with E-state index in [-0.39, 0.29) is 11.8 Å². The second-order valence-electron chi connectivity index (χ2n) is 7.58. The third-order valence-electron chi connectivity index (χ3n) is 5.92. The Morgan fingerprint density at radius 2 is 1.65 bits per heavy atom. The number of rotatable bonds is 3. The summed E-state index contributed by atoms with van der Waals surface area (Å²) in [5, 5.41) is 1.12. The summed E-state index contributed by atoms with van der Waals surface area (Å²) in [7, 11) is 0. The van der Waals surface area contributed by atoms with Crippen LogP contribution in [0.5, 0.6) is 0 Å².